The molecule has 3 heterocycles. The molecule has 0 unspecified atom stereocenters. The van der Waals surface area contributed by atoms with Crippen LogP contribution in [0.5, 0.6) is 0 Å². The summed E-state index contributed by atoms with van der Waals surface area (Å²) in [6, 6.07) is 1.61. The second kappa shape index (κ2) is 5.85. The number of aromatic nitrogens is 1. The lowest BCUT2D eigenvalue weighted by Gasteiger charge is -2.36. The normalized spacial score (nSPS) is 27.4. The maximum atomic E-state index is 12.7. The van der Waals surface area contributed by atoms with Gasteiger partial charge in [-0.3, -0.25) is 14.6 Å². The number of halogens is 1. The second-order valence-corrected chi connectivity index (χ2v) is 6.21. The van der Waals surface area contributed by atoms with Crippen LogP contribution < -0.4 is 5.32 Å². The van der Waals surface area contributed by atoms with Gasteiger partial charge in [0.15, 0.2) is 0 Å². The molecule has 3 rings (SSSR count). The molecule has 2 fully saturated rings. The highest BCUT2D eigenvalue weighted by Gasteiger charge is 2.54. The lowest BCUT2D eigenvalue weighted by Crippen LogP contribution is -2.49. The van der Waals surface area contributed by atoms with Gasteiger partial charge in [-0.1, -0.05) is 11.6 Å². The first-order chi connectivity index (χ1) is 10.6. The molecule has 1 aromatic heterocycles. The van der Waals surface area contributed by atoms with Gasteiger partial charge in [0.1, 0.15) is 0 Å². The van der Waals surface area contributed by atoms with E-state index in [1.165, 1.54) is 6.20 Å². The van der Waals surface area contributed by atoms with E-state index in [1.807, 2.05) is 0 Å². The van der Waals surface area contributed by atoms with E-state index in [4.69, 9.17) is 16.3 Å². The highest BCUT2D eigenvalue weighted by atomic mass is 35.5. The number of fused-ring (bicyclic) bond motifs is 1. The van der Waals surface area contributed by atoms with Gasteiger partial charge in [0.05, 0.1) is 22.6 Å². The monoisotopic (exact) mass is 323 g/mol. The molecule has 0 aromatic carbocycles. The van der Waals surface area contributed by atoms with Gasteiger partial charge in [-0.25, -0.2) is 0 Å². The Kier molecular flexibility index (Phi) is 4.06. The summed E-state index contributed by atoms with van der Waals surface area (Å²) in [6.07, 6.45) is 3.63. The number of carbonyl (C=O) groups excluding carboxylic acids is 2. The predicted molar refractivity (Wildman–Crippen MR) is 80.6 cm³/mol. The van der Waals surface area contributed by atoms with Crippen LogP contribution in [0.25, 0.3) is 0 Å². The first kappa shape index (κ1) is 15.2. The molecule has 2 aliphatic rings. The summed E-state index contributed by atoms with van der Waals surface area (Å²) < 4.78 is 5.51. The standard InChI is InChI=1S/C15H18ClN3O3/c1-17-14(21)15-3-5-22-8-10(15)7-19(9-15)13(20)11-2-4-18-6-12(11)16/h2,4,6,10H,3,5,7-9H2,1H3,(H,17,21)/t10-,15+/m1/s1. The van der Waals surface area contributed by atoms with E-state index >= 15 is 0 Å². The van der Waals surface area contributed by atoms with Gasteiger partial charge in [-0.15, -0.1) is 0 Å². The van der Waals surface area contributed by atoms with Gasteiger partial charge in [0.2, 0.25) is 5.91 Å². The van der Waals surface area contributed by atoms with Crippen LogP contribution in [0, 0.1) is 11.3 Å². The molecule has 0 saturated carbocycles. The van der Waals surface area contributed by atoms with Gasteiger partial charge >= 0.3 is 0 Å². The highest BCUT2D eigenvalue weighted by Crippen LogP contribution is 2.43. The molecule has 22 heavy (non-hydrogen) atoms. The summed E-state index contributed by atoms with van der Waals surface area (Å²) in [5.41, 5.74) is -0.134. The third-order valence-electron chi connectivity index (χ3n) is 4.68. The van der Waals surface area contributed by atoms with Crippen LogP contribution in [0.4, 0.5) is 0 Å². The molecule has 6 nitrogen and oxygen atoms in total. The molecule has 0 spiro atoms. The summed E-state index contributed by atoms with van der Waals surface area (Å²) in [4.78, 5) is 30.7. The number of nitrogens with zero attached hydrogens (tertiary/aromatic N) is 2. The van der Waals surface area contributed by atoms with Crippen LogP contribution in [0.1, 0.15) is 16.8 Å². The Morgan fingerprint density at radius 2 is 2.36 bits per heavy atom. The van der Waals surface area contributed by atoms with Crippen molar-refractivity contribution in [2.45, 2.75) is 6.42 Å². The van der Waals surface area contributed by atoms with Crippen LogP contribution >= 0.6 is 11.6 Å². The number of hydrogen-bond acceptors (Lipinski definition) is 4. The molecule has 1 N–H and O–H groups in total. The Labute approximate surface area is 133 Å². The molecule has 7 heteroatoms. The van der Waals surface area contributed by atoms with Crippen LogP contribution in [-0.4, -0.2) is 55.0 Å². The first-order valence-electron chi connectivity index (χ1n) is 7.27. The Bertz CT molecular complexity index is 609. The fraction of sp³-hybridized carbons (Fsp3) is 0.533. The largest absolute Gasteiger partial charge is 0.381 e. The van der Waals surface area contributed by atoms with Crippen molar-refractivity contribution in [3.8, 4) is 0 Å². The van der Waals surface area contributed by atoms with Crippen molar-refractivity contribution in [3.05, 3.63) is 29.0 Å². The number of rotatable bonds is 2. The summed E-state index contributed by atoms with van der Waals surface area (Å²) in [7, 11) is 1.63. The van der Waals surface area contributed by atoms with Crippen molar-refractivity contribution in [2.75, 3.05) is 33.4 Å². The minimum Gasteiger partial charge on any atom is -0.381 e. The maximum Gasteiger partial charge on any atom is 0.255 e. The van der Waals surface area contributed by atoms with Gasteiger partial charge in [0.25, 0.3) is 5.91 Å². The number of hydrogen-bond donors (Lipinski definition) is 1. The van der Waals surface area contributed by atoms with Crippen molar-refractivity contribution in [1.29, 1.82) is 0 Å². The molecule has 0 radical (unpaired) electrons. The van der Waals surface area contributed by atoms with E-state index in [9.17, 15) is 9.59 Å². The molecule has 2 amide bonds. The number of likely N-dealkylation sites (tertiary alicyclic amines) is 1. The van der Waals surface area contributed by atoms with Gasteiger partial charge < -0.3 is 15.0 Å². The summed E-state index contributed by atoms with van der Waals surface area (Å²) in [6.45, 7) is 1.95. The third kappa shape index (κ3) is 2.36. The maximum absolute atomic E-state index is 12.7. The average Bonchev–Trinajstić information content (AvgIpc) is 2.94. The first-order valence-corrected chi connectivity index (χ1v) is 7.65. The molecule has 0 bridgehead atoms. The Morgan fingerprint density at radius 3 is 3.09 bits per heavy atom. The van der Waals surface area contributed by atoms with E-state index in [0.717, 1.165) is 0 Å². The smallest absolute Gasteiger partial charge is 0.255 e. The molecule has 2 atom stereocenters. The Morgan fingerprint density at radius 1 is 1.55 bits per heavy atom. The predicted octanol–water partition coefficient (Wildman–Crippen LogP) is 0.960. The quantitative estimate of drug-likeness (QED) is 0.880. The van der Waals surface area contributed by atoms with Crippen LogP contribution in [-0.2, 0) is 9.53 Å². The fourth-order valence-electron chi connectivity index (χ4n) is 3.44. The lowest BCUT2D eigenvalue weighted by atomic mass is 9.73. The van der Waals surface area contributed by atoms with Crippen LogP contribution in [0.3, 0.4) is 0 Å². The molecule has 118 valence electrons. The Hall–Kier alpha value is -1.66. The van der Waals surface area contributed by atoms with Gasteiger partial charge in [0, 0.05) is 45.1 Å². The molecule has 0 aliphatic carbocycles. The topological polar surface area (TPSA) is 71.5 Å². The third-order valence-corrected chi connectivity index (χ3v) is 4.98. The zero-order chi connectivity index (χ0) is 15.7. The number of carbonyl (C=O) groups is 2. The fourth-order valence-corrected chi connectivity index (χ4v) is 3.64. The summed E-state index contributed by atoms with van der Waals surface area (Å²) in [5, 5.41) is 3.07. The number of amides is 2. The highest BCUT2D eigenvalue weighted by molar-refractivity contribution is 6.33. The van der Waals surface area contributed by atoms with E-state index in [2.05, 4.69) is 10.3 Å². The van der Waals surface area contributed by atoms with E-state index in [1.54, 1.807) is 24.2 Å². The summed E-state index contributed by atoms with van der Waals surface area (Å²) in [5.74, 6) is -0.159. The molecular weight excluding hydrogens is 306 g/mol. The van der Waals surface area contributed by atoms with E-state index < -0.39 is 5.41 Å². The minimum absolute atomic E-state index is 0.0167. The molecule has 1 aromatic rings. The van der Waals surface area contributed by atoms with Gasteiger partial charge in [-0.2, -0.15) is 0 Å². The second-order valence-electron chi connectivity index (χ2n) is 5.80. The SMILES string of the molecule is CNC(=O)[C@]12CCOC[C@H]1CN(C(=O)c1ccncc1Cl)C2. The van der Waals surface area contributed by atoms with Crippen molar-refractivity contribution in [3.63, 3.8) is 0 Å². The van der Waals surface area contributed by atoms with Gasteiger partial charge in [-0.05, 0) is 12.5 Å². The van der Waals surface area contributed by atoms with Crippen molar-refractivity contribution < 1.29 is 14.3 Å². The Balaban J connectivity index is 1.87. The molecular formula is C15H18ClN3O3. The zero-order valence-electron chi connectivity index (χ0n) is 12.3. The summed E-state index contributed by atoms with van der Waals surface area (Å²) >= 11 is 6.06. The van der Waals surface area contributed by atoms with E-state index in [-0.39, 0.29) is 17.7 Å². The van der Waals surface area contributed by atoms with Crippen molar-refractivity contribution in [2.24, 2.45) is 11.3 Å². The van der Waals surface area contributed by atoms with Crippen LogP contribution in [0.2, 0.25) is 5.02 Å². The number of pyridine rings is 1. The average molecular weight is 324 g/mol. The lowest BCUT2D eigenvalue weighted by molar-refractivity contribution is -0.138. The molecule has 2 aliphatic heterocycles. The number of nitrogens with one attached hydrogen (secondary N) is 1. The molecule has 2 saturated heterocycles. The van der Waals surface area contributed by atoms with E-state index in [0.29, 0.717) is 43.3 Å². The van der Waals surface area contributed by atoms with Crippen LogP contribution in [0.15, 0.2) is 18.5 Å². The van der Waals surface area contributed by atoms with Crippen molar-refractivity contribution in [1.82, 2.24) is 15.2 Å². The zero-order valence-corrected chi connectivity index (χ0v) is 13.1. The number of ether oxygens (including phenoxy) is 1. The minimum atomic E-state index is -0.553. The van der Waals surface area contributed by atoms with Crippen molar-refractivity contribution >= 4 is 23.4 Å².